The van der Waals surface area contributed by atoms with Crippen LogP contribution in [-0.4, -0.2) is 42.3 Å². The minimum absolute atomic E-state index is 0.388. The summed E-state index contributed by atoms with van der Waals surface area (Å²) in [5.74, 6) is 0.594. The van der Waals surface area contributed by atoms with Gasteiger partial charge >= 0.3 is 5.97 Å². The number of rotatable bonds is 6. The molecule has 116 valence electrons. The number of carboxylic acids is 1. The molecule has 0 spiro atoms. The summed E-state index contributed by atoms with van der Waals surface area (Å²) in [5, 5.41) is 9.24. The lowest BCUT2D eigenvalue weighted by molar-refractivity contribution is -0.142. The lowest BCUT2D eigenvalue weighted by Gasteiger charge is -2.22. The molecule has 2 rings (SSSR count). The molecule has 1 aliphatic heterocycles. The fraction of sp³-hybridized carbons (Fsp3) is 0.533. The minimum atomic E-state index is -0.746. The van der Waals surface area contributed by atoms with Crippen LogP contribution in [0.25, 0.3) is 0 Å². The van der Waals surface area contributed by atoms with Crippen LogP contribution in [0.3, 0.4) is 0 Å². The summed E-state index contributed by atoms with van der Waals surface area (Å²) in [5.41, 5.74) is 1.01. The molecule has 0 radical (unpaired) electrons. The molecular weight excluding hydrogens is 338 g/mol. The zero-order valence-corrected chi connectivity index (χ0v) is 13.9. The van der Waals surface area contributed by atoms with E-state index in [-0.39, 0.29) is 6.04 Å². The Hall–Kier alpha value is -1.27. The summed E-state index contributed by atoms with van der Waals surface area (Å²) in [7, 11) is 1.60. The normalized spacial score (nSPS) is 18.7. The third kappa shape index (κ3) is 3.68. The Labute approximate surface area is 133 Å². The van der Waals surface area contributed by atoms with Gasteiger partial charge < -0.3 is 14.6 Å². The lowest BCUT2D eigenvalue weighted by Crippen LogP contribution is -2.35. The number of methoxy groups -OCH3 is 1. The molecule has 1 N–H and O–H groups in total. The molecule has 0 amide bonds. The van der Waals surface area contributed by atoms with Gasteiger partial charge in [0.15, 0.2) is 11.5 Å². The van der Waals surface area contributed by atoms with Gasteiger partial charge in [0.1, 0.15) is 6.04 Å². The zero-order valence-electron chi connectivity index (χ0n) is 12.3. The van der Waals surface area contributed by atoms with Gasteiger partial charge in [0.2, 0.25) is 0 Å². The first-order valence-electron chi connectivity index (χ1n) is 7.02. The minimum Gasteiger partial charge on any atom is -0.493 e. The van der Waals surface area contributed by atoms with E-state index in [2.05, 4.69) is 15.9 Å². The Balaban J connectivity index is 2.20. The predicted molar refractivity (Wildman–Crippen MR) is 82.9 cm³/mol. The van der Waals surface area contributed by atoms with E-state index in [9.17, 15) is 9.90 Å². The van der Waals surface area contributed by atoms with Gasteiger partial charge in [0.25, 0.3) is 0 Å². The van der Waals surface area contributed by atoms with Crippen LogP contribution in [-0.2, 0) is 11.3 Å². The van der Waals surface area contributed by atoms with Crippen LogP contribution in [0, 0.1) is 0 Å². The van der Waals surface area contributed by atoms with Gasteiger partial charge in [-0.05, 0) is 59.9 Å². The highest BCUT2D eigenvalue weighted by atomic mass is 79.9. The van der Waals surface area contributed by atoms with Crippen LogP contribution >= 0.6 is 15.9 Å². The van der Waals surface area contributed by atoms with Crippen molar-refractivity contribution in [2.45, 2.75) is 32.4 Å². The van der Waals surface area contributed by atoms with Gasteiger partial charge in [-0.1, -0.05) is 0 Å². The van der Waals surface area contributed by atoms with E-state index in [1.165, 1.54) is 0 Å². The average Bonchev–Trinajstić information content (AvgIpc) is 2.89. The Morgan fingerprint density at radius 1 is 1.52 bits per heavy atom. The highest BCUT2D eigenvalue weighted by molar-refractivity contribution is 9.10. The number of halogens is 1. The molecule has 0 bridgehead atoms. The molecule has 0 saturated carbocycles. The molecule has 1 saturated heterocycles. The zero-order chi connectivity index (χ0) is 15.4. The second-order valence-corrected chi connectivity index (χ2v) is 5.86. The molecule has 1 aromatic carbocycles. The molecule has 1 fully saturated rings. The number of hydrogen-bond donors (Lipinski definition) is 1. The van der Waals surface area contributed by atoms with Gasteiger partial charge in [-0.15, -0.1) is 0 Å². The largest absolute Gasteiger partial charge is 0.493 e. The predicted octanol–water partition coefficient (Wildman–Crippen LogP) is 2.91. The van der Waals surface area contributed by atoms with E-state index in [4.69, 9.17) is 9.47 Å². The van der Waals surface area contributed by atoms with E-state index in [1.807, 2.05) is 24.0 Å². The van der Waals surface area contributed by atoms with Crippen LogP contribution in [0.4, 0.5) is 0 Å². The second kappa shape index (κ2) is 7.13. The number of benzene rings is 1. The molecule has 1 aromatic rings. The number of likely N-dealkylation sites (tertiary alicyclic amines) is 1. The van der Waals surface area contributed by atoms with Crippen molar-refractivity contribution < 1.29 is 19.4 Å². The maximum atomic E-state index is 11.2. The SMILES string of the molecule is CCOc1c(Br)cc(CN2CCC[C@@H]2C(=O)O)cc1OC. The highest BCUT2D eigenvalue weighted by Gasteiger charge is 2.30. The number of carbonyl (C=O) groups is 1. The first kappa shape index (κ1) is 16.1. The van der Waals surface area contributed by atoms with Crippen LogP contribution in [0.5, 0.6) is 11.5 Å². The maximum absolute atomic E-state index is 11.2. The van der Waals surface area contributed by atoms with E-state index in [1.54, 1.807) is 7.11 Å². The summed E-state index contributed by atoms with van der Waals surface area (Å²) in [4.78, 5) is 13.2. The standard InChI is InChI=1S/C15H20BrNO4/c1-3-21-14-11(16)7-10(8-13(14)20-2)9-17-6-4-5-12(17)15(18)19/h7-8,12H,3-6,9H2,1-2H3,(H,18,19)/t12-/m1/s1. The van der Waals surface area contributed by atoms with Crippen LogP contribution in [0.1, 0.15) is 25.3 Å². The molecular formula is C15H20BrNO4. The number of aliphatic carboxylic acids is 1. The maximum Gasteiger partial charge on any atom is 0.320 e. The molecule has 0 unspecified atom stereocenters. The van der Waals surface area contributed by atoms with Crippen LogP contribution in [0.2, 0.25) is 0 Å². The molecule has 1 aliphatic rings. The van der Waals surface area contributed by atoms with Crippen molar-refractivity contribution in [2.75, 3.05) is 20.3 Å². The Morgan fingerprint density at radius 2 is 2.29 bits per heavy atom. The molecule has 5 nitrogen and oxygen atoms in total. The molecule has 0 aromatic heterocycles. The van der Waals surface area contributed by atoms with Crippen LogP contribution in [0.15, 0.2) is 16.6 Å². The first-order valence-corrected chi connectivity index (χ1v) is 7.82. The van der Waals surface area contributed by atoms with Gasteiger partial charge in [0, 0.05) is 6.54 Å². The fourth-order valence-corrected chi connectivity index (χ4v) is 3.28. The van der Waals surface area contributed by atoms with E-state index >= 15 is 0 Å². The Bertz CT molecular complexity index is 521. The van der Waals surface area contributed by atoms with Gasteiger partial charge in [-0.3, -0.25) is 9.69 Å². The second-order valence-electron chi connectivity index (χ2n) is 5.01. The quantitative estimate of drug-likeness (QED) is 0.848. The summed E-state index contributed by atoms with van der Waals surface area (Å²) in [6.07, 6.45) is 1.64. The van der Waals surface area contributed by atoms with Crippen molar-refractivity contribution in [3.63, 3.8) is 0 Å². The average molecular weight is 358 g/mol. The molecule has 1 atom stereocenters. The van der Waals surface area contributed by atoms with Crippen LogP contribution < -0.4 is 9.47 Å². The van der Waals surface area contributed by atoms with Crippen molar-refractivity contribution in [3.8, 4) is 11.5 Å². The van der Waals surface area contributed by atoms with Gasteiger partial charge in [0.05, 0.1) is 18.2 Å². The first-order chi connectivity index (χ1) is 10.1. The van der Waals surface area contributed by atoms with Crippen molar-refractivity contribution in [3.05, 3.63) is 22.2 Å². The van der Waals surface area contributed by atoms with E-state index in [0.717, 1.165) is 23.0 Å². The number of ether oxygens (including phenoxy) is 2. The molecule has 0 aliphatic carbocycles. The van der Waals surface area contributed by atoms with Crippen molar-refractivity contribution in [1.82, 2.24) is 4.90 Å². The highest BCUT2D eigenvalue weighted by Crippen LogP contribution is 2.37. The molecule has 6 heteroatoms. The van der Waals surface area contributed by atoms with E-state index in [0.29, 0.717) is 31.1 Å². The number of hydrogen-bond acceptors (Lipinski definition) is 4. The van der Waals surface area contributed by atoms with Gasteiger partial charge in [-0.2, -0.15) is 0 Å². The van der Waals surface area contributed by atoms with Crippen molar-refractivity contribution in [2.24, 2.45) is 0 Å². The third-order valence-electron chi connectivity index (χ3n) is 3.61. The van der Waals surface area contributed by atoms with Crippen molar-refractivity contribution in [1.29, 1.82) is 0 Å². The summed E-state index contributed by atoms with van der Waals surface area (Å²) >= 11 is 3.49. The molecule has 1 heterocycles. The van der Waals surface area contributed by atoms with Crippen molar-refractivity contribution >= 4 is 21.9 Å². The number of nitrogens with zero attached hydrogens (tertiary/aromatic N) is 1. The summed E-state index contributed by atoms with van der Waals surface area (Å²) in [6, 6.07) is 3.49. The fourth-order valence-electron chi connectivity index (χ4n) is 2.68. The lowest BCUT2D eigenvalue weighted by atomic mass is 10.1. The topological polar surface area (TPSA) is 59.0 Å². The smallest absolute Gasteiger partial charge is 0.320 e. The monoisotopic (exact) mass is 357 g/mol. The number of carboxylic acid groups (broad SMARTS) is 1. The Morgan fingerprint density at radius 3 is 2.90 bits per heavy atom. The van der Waals surface area contributed by atoms with E-state index < -0.39 is 5.97 Å². The van der Waals surface area contributed by atoms with Gasteiger partial charge in [-0.25, -0.2) is 0 Å². The summed E-state index contributed by atoms with van der Waals surface area (Å²) in [6.45, 7) is 3.88. The third-order valence-corrected chi connectivity index (χ3v) is 4.20. The molecule has 21 heavy (non-hydrogen) atoms. The summed E-state index contributed by atoms with van der Waals surface area (Å²) < 4.78 is 11.8. The Kier molecular flexibility index (Phi) is 5.47.